The van der Waals surface area contributed by atoms with Gasteiger partial charge in [-0.2, -0.15) is 9.61 Å². The van der Waals surface area contributed by atoms with Gasteiger partial charge in [0.2, 0.25) is 5.91 Å². The van der Waals surface area contributed by atoms with Crippen LogP contribution in [-0.4, -0.2) is 64.8 Å². The number of aryl methyl sites for hydroxylation is 3. The van der Waals surface area contributed by atoms with Crippen LogP contribution in [0.5, 0.6) is 0 Å². The molecule has 168 valence electrons. The van der Waals surface area contributed by atoms with E-state index in [1.165, 1.54) is 5.56 Å². The lowest BCUT2D eigenvalue weighted by Gasteiger charge is -2.36. The second-order valence-corrected chi connectivity index (χ2v) is 9.02. The van der Waals surface area contributed by atoms with Crippen LogP contribution in [0.15, 0.2) is 30.3 Å². The van der Waals surface area contributed by atoms with E-state index >= 15 is 0 Å². The maximum absolute atomic E-state index is 12.9. The van der Waals surface area contributed by atoms with Crippen molar-refractivity contribution >= 4 is 17.4 Å². The number of fused-ring (bicyclic) bond motifs is 1. The number of carbonyl (C=O) groups excluding carboxylic acids is 1. The van der Waals surface area contributed by atoms with Crippen LogP contribution in [-0.2, 0) is 9.53 Å². The van der Waals surface area contributed by atoms with Crippen molar-refractivity contribution in [2.24, 2.45) is 5.92 Å². The summed E-state index contributed by atoms with van der Waals surface area (Å²) in [5.74, 6) is 1.46. The molecule has 0 spiro atoms. The predicted molar refractivity (Wildman–Crippen MR) is 125 cm³/mol. The normalized spacial score (nSPS) is 17.8. The van der Waals surface area contributed by atoms with Crippen LogP contribution in [0.2, 0.25) is 0 Å². The third kappa shape index (κ3) is 3.86. The fraction of sp³-hybridized carbons (Fsp3) is 0.480. The molecule has 0 radical (unpaired) electrons. The number of anilines is 1. The van der Waals surface area contributed by atoms with E-state index in [1.807, 2.05) is 16.3 Å². The summed E-state index contributed by atoms with van der Waals surface area (Å²) in [6.07, 6.45) is 1.73. The molecule has 0 bridgehead atoms. The van der Waals surface area contributed by atoms with E-state index in [0.717, 1.165) is 73.0 Å². The molecule has 0 unspecified atom stereocenters. The molecule has 0 saturated carbocycles. The molecule has 7 nitrogen and oxygen atoms in total. The molecule has 0 atom stereocenters. The van der Waals surface area contributed by atoms with Crippen LogP contribution in [0.3, 0.4) is 0 Å². The number of carbonyl (C=O) groups is 1. The Labute approximate surface area is 189 Å². The third-order valence-electron chi connectivity index (χ3n) is 6.70. The number of hydrogen-bond acceptors (Lipinski definition) is 5. The zero-order valence-corrected chi connectivity index (χ0v) is 19.2. The molecule has 2 aromatic heterocycles. The summed E-state index contributed by atoms with van der Waals surface area (Å²) in [6.45, 7) is 10.6. The molecule has 4 heterocycles. The molecule has 1 aromatic carbocycles. The predicted octanol–water partition coefficient (Wildman–Crippen LogP) is 3.40. The SMILES string of the molecule is Cc1ccc(-c2c(C)nn3c(N4CCC(C(=O)N5CCOCC5)CC4)cc(C)nc23)cc1. The minimum absolute atomic E-state index is 0.102. The molecule has 1 amide bonds. The Balaban J connectivity index is 1.41. The summed E-state index contributed by atoms with van der Waals surface area (Å²) in [4.78, 5) is 22.1. The molecule has 2 aliphatic heterocycles. The molecule has 32 heavy (non-hydrogen) atoms. The summed E-state index contributed by atoms with van der Waals surface area (Å²) < 4.78 is 7.38. The van der Waals surface area contributed by atoms with E-state index < -0.39 is 0 Å². The van der Waals surface area contributed by atoms with E-state index in [2.05, 4.69) is 49.1 Å². The molecular weight excluding hydrogens is 402 g/mol. The second kappa shape index (κ2) is 8.54. The van der Waals surface area contributed by atoms with Crippen LogP contribution in [0.1, 0.15) is 29.8 Å². The molecule has 2 aliphatic rings. The van der Waals surface area contributed by atoms with E-state index in [9.17, 15) is 4.79 Å². The number of rotatable bonds is 3. The van der Waals surface area contributed by atoms with Crippen molar-refractivity contribution in [1.82, 2.24) is 19.5 Å². The minimum atomic E-state index is 0.102. The number of ether oxygens (including phenoxy) is 1. The fourth-order valence-corrected chi connectivity index (χ4v) is 4.91. The number of piperidine rings is 1. The van der Waals surface area contributed by atoms with Crippen molar-refractivity contribution in [1.29, 1.82) is 0 Å². The molecule has 5 rings (SSSR count). The van der Waals surface area contributed by atoms with Crippen LogP contribution in [0.25, 0.3) is 16.8 Å². The highest BCUT2D eigenvalue weighted by atomic mass is 16.5. The average molecular weight is 434 g/mol. The van der Waals surface area contributed by atoms with E-state index in [-0.39, 0.29) is 5.92 Å². The number of aromatic nitrogens is 3. The van der Waals surface area contributed by atoms with Gasteiger partial charge in [-0.1, -0.05) is 29.8 Å². The molecule has 7 heteroatoms. The van der Waals surface area contributed by atoms with Crippen molar-refractivity contribution in [2.45, 2.75) is 33.6 Å². The van der Waals surface area contributed by atoms with E-state index in [4.69, 9.17) is 14.8 Å². The van der Waals surface area contributed by atoms with Gasteiger partial charge in [0, 0.05) is 49.4 Å². The van der Waals surface area contributed by atoms with Gasteiger partial charge in [0.05, 0.1) is 18.9 Å². The average Bonchev–Trinajstić information content (AvgIpc) is 3.15. The van der Waals surface area contributed by atoms with Crippen molar-refractivity contribution in [2.75, 3.05) is 44.3 Å². The Morgan fingerprint density at radius 3 is 2.38 bits per heavy atom. The van der Waals surface area contributed by atoms with Crippen LogP contribution in [0.4, 0.5) is 5.82 Å². The summed E-state index contributed by atoms with van der Waals surface area (Å²) in [6, 6.07) is 10.7. The lowest BCUT2D eigenvalue weighted by Crippen LogP contribution is -2.47. The van der Waals surface area contributed by atoms with Crippen LogP contribution >= 0.6 is 0 Å². The quantitative estimate of drug-likeness (QED) is 0.634. The first-order chi connectivity index (χ1) is 15.5. The van der Waals surface area contributed by atoms with E-state index in [1.54, 1.807) is 0 Å². The van der Waals surface area contributed by atoms with Gasteiger partial charge < -0.3 is 14.5 Å². The van der Waals surface area contributed by atoms with Crippen molar-refractivity contribution in [3.05, 3.63) is 47.3 Å². The van der Waals surface area contributed by atoms with Crippen molar-refractivity contribution in [3.8, 4) is 11.1 Å². The second-order valence-electron chi connectivity index (χ2n) is 9.02. The number of hydrogen-bond donors (Lipinski definition) is 0. The molecule has 2 fully saturated rings. The molecular formula is C25H31N5O2. The van der Waals surface area contributed by atoms with Crippen molar-refractivity contribution in [3.63, 3.8) is 0 Å². The largest absolute Gasteiger partial charge is 0.378 e. The van der Waals surface area contributed by atoms with Gasteiger partial charge in [-0.3, -0.25) is 4.79 Å². The Kier molecular flexibility index (Phi) is 5.59. The fourth-order valence-electron chi connectivity index (χ4n) is 4.91. The lowest BCUT2D eigenvalue weighted by atomic mass is 9.95. The molecule has 0 N–H and O–H groups in total. The van der Waals surface area contributed by atoms with E-state index in [0.29, 0.717) is 19.1 Å². The Bertz CT molecular complexity index is 1120. The van der Waals surface area contributed by atoms with Crippen LogP contribution < -0.4 is 4.90 Å². The smallest absolute Gasteiger partial charge is 0.225 e. The molecule has 3 aromatic rings. The molecule has 0 aliphatic carbocycles. The number of benzene rings is 1. The Hall–Kier alpha value is -2.93. The summed E-state index contributed by atoms with van der Waals surface area (Å²) in [5, 5.41) is 4.88. The summed E-state index contributed by atoms with van der Waals surface area (Å²) in [7, 11) is 0. The van der Waals surface area contributed by atoms with Gasteiger partial charge >= 0.3 is 0 Å². The summed E-state index contributed by atoms with van der Waals surface area (Å²) in [5.41, 5.74) is 6.32. The first-order valence-corrected chi connectivity index (χ1v) is 11.6. The first kappa shape index (κ1) is 20.9. The highest BCUT2D eigenvalue weighted by molar-refractivity contribution is 5.81. The van der Waals surface area contributed by atoms with Crippen LogP contribution in [0, 0.1) is 26.7 Å². The van der Waals surface area contributed by atoms with Gasteiger partial charge in [-0.05, 0) is 39.2 Å². The standard InChI is InChI=1S/C25H31N5O2/c1-17-4-6-20(7-5-17)23-19(3)27-30-22(16-18(2)26-24(23)30)28-10-8-21(9-11-28)25(31)29-12-14-32-15-13-29/h4-7,16,21H,8-15H2,1-3H3. The Morgan fingerprint density at radius 2 is 1.69 bits per heavy atom. The van der Waals surface area contributed by atoms with Gasteiger partial charge in [0.25, 0.3) is 0 Å². The number of nitrogens with zero attached hydrogens (tertiary/aromatic N) is 5. The highest BCUT2D eigenvalue weighted by Gasteiger charge is 2.30. The van der Waals surface area contributed by atoms with Gasteiger partial charge in [-0.25, -0.2) is 4.98 Å². The monoisotopic (exact) mass is 433 g/mol. The third-order valence-corrected chi connectivity index (χ3v) is 6.70. The lowest BCUT2D eigenvalue weighted by molar-refractivity contribution is -0.140. The zero-order chi connectivity index (χ0) is 22.2. The molecule has 2 saturated heterocycles. The Morgan fingerprint density at radius 1 is 1.00 bits per heavy atom. The topological polar surface area (TPSA) is 63.0 Å². The van der Waals surface area contributed by atoms with Gasteiger partial charge in [-0.15, -0.1) is 0 Å². The maximum Gasteiger partial charge on any atom is 0.225 e. The maximum atomic E-state index is 12.9. The zero-order valence-electron chi connectivity index (χ0n) is 19.2. The number of morpholine rings is 1. The number of amides is 1. The van der Waals surface area contributed by atoms with Gasteiger partial charge in [0.15, 0.2) is 5.65 Å². The minimum Gasteiger partial charge on any atom is -0.378 e. The summed E-state index contributed by atoms with van der Waals surface area (Å²) >= 11 is 0. The van der Waals surface area contributed by atoms with Gasteiger partial charge in [0.1, 0.15) is 5.82 Å². The highest BCUT2D eigenvalue weighted by Crippen LogP contribution is 2.32. The van der Waals surface area contributed by atoms with Crippen molar-refractivity contribution < 1.29 is 9.53 Å². The first-order valence-electron chi connectivity index (χ1n) is 11.6.